The fourth-order valence-corrected chi connectivity index (χ4v) is 2.27. The molecule has 1 saturated carbocycles. The molecule has 0 heterocycles. The fourth-order valence-electron chi connectivity index (χ4n) is 2.11. The summed E-state index contributed by atoms with van der Waals surface area (Å²) in [7, 11) is 0. The Morgan fingerprint density at radius 3 is 2.72 bits per heavy atom. The number of hydrogen-bond donors (Lipinski definition) is 1. The summed E-state index contributed by atoms with van der Waals surface area (Å²) in [6, 6.07) is 5.14. The van der Waals surface area contributed by atoms with Crippen molar-refractivity contribution >= 4 is 22.9 Å². The third-order valence-corrected chi connectivity index (χ3v) is 3.47. The second-order valence-electron chi connectivity index (χ2n) is 4.92. The van der Waals surface area contributed by atoms with Crippen molar-refractivity contribution in [1.29, 1.82) is 0 Å². The predicted octanol–water partition coefficient (Wildman–Crippen LogP) is 3.09. The summed E-state index contributed by atoms with van der Waals surface area (Å²) in [5, 5.41) is 0. The van der Waals surface area contributed by atoms with Crippen molar-refractivity contribution < 1.29 is 4.39 Å². The Bertz CT molecular complexity index is 443. The van der Waals surface area contributed by atoms with Crippen LogP contribution >= 0.6 is 12.2 Å². The smallest absolute Gasteiger partial charge is 0.135 e. The van der Waals surface area contributed by atoms with Crippen LogP contribution in [0.4, 0.5) is 10.1 Å². The number of benzene rings is 1. The highest BCUT2D eigenvalue weighted by Gasteiger charge is 2.24. The molecule has 0 atom stereocenters. The van der Waals surface area contributed by atoms with Crippen LogP contribution in [-0.2, 0) is 0 Å². The maximum absolute atomic E-state index is 13.9. The molecule has 4 heteroatoms. The monoisotopic (exact) mass is 266 g/mol. The molecule has 1 aromatic rings. The van der Waals surface area contributed by atoms with E-state index < -0.39 is 0 Å². The van der Waals surface area contributed by atoms with E-state index in [1.54, 1.807) is 12.1 Å². The van der Waals surface area contributed by atoms with E-state index in [0.29, 0.717) is 5.56 Å². The van der Waals surface area contributed by atoms with E-state index >= 15 is 0 Å². The number of nitrogens with zero attached hydrogens (tertiary/aromatic N) is 1. The summed E-state index contributed by atoms with van der Waals surface area (Å²) < 4.78 is 13.9. The van der Waals surface area contributed by atoms with Crippen molar-refractivity contribution in [2.75, 3.05) is 18.0 Å². The number of halogens is 1. The summed E-state index contributed by atoms with van der Waals surface area (Å²) in [4.78, 5) is 2.37. The van der Waals surface area contributed by atoms with Crippen LogP contribution in [0.5, 0.6) is 0 Å². The third kappa shape index (κ3) is 3.19. The highest BCUT2D eigenvalue weighted by Crippen LogP contribution is 2.31. The number of rotatable bonds is 6. The van der Waals surface area contributed by atoms with Gasteiger partial charge in [-0.1, -0.05) is 19.1 Å². The van der Waals surface area contributed by atoms with Gasteiger partial charge in [-0.05, 0) is 43.4 Å². The van der Waals surface area contributed by atoms with Crippen LogP contribution in [-0.4, -0.2) is 18.1 Å². The van der Waals surface area contributed by atoms with Crippen molar-refractivity contribution in [3.05, 3.63) is 29.6 Å². The standard InChI is InChI=1S/C14H19FN2S/c1-2-7-17(9-10-3-4-10)11-5-6-12(14(16)18)13(15)8-11/h5-6,8,10H,2-4,7,9H2,1H3,(H2,16,18). The maximum Gasteiger partial charge on any atom is 0.135 e. The molecule has 1 fully saturated rings. The number of nitrogens with two attached hydrogens (primary N) is 1. The van der Waals surface area contributed by atoms with E-state index in [2.05, 4.69) is 11.8 Å². The summed E-state index contributed by atoms with van der Waals surface area (Å²) >= 11 is 4.81. The van der Waals surface area contributed by atoms with Gasteiger partial charge >= 0.3 is 0 Å². The van der Waals surface area contributed by atoms with E-state index in [4.69, 9.17) is 18.0 Å². The summed E-state index contributed by atoms with van der Waals surface area (Å²) in [5.41, 5.74) is 6.73. The Kier molecular flexibility index (Phi) is 4.17. The lowest BCUT2D eigenvalue weighted by Gasteiger charge is -2.24. The summed E-state index contributed by atoms with van der Waals surface area (Å²) in [5.74, 6) is 0.465. The molecule has 2 nitrogen and oxygen atoms in total. The van der Waals surface area contributed by atoms with Gasteiger partial charge in [0.1, 0.15) is 10.8 Å². The van der Waals surface area contributed by atoms with Gasteiger partial charge in [0, 0.05) is 24.3 Å². The second-order valence-corrected chi connectivity index (χ2v) is 5.36. The Morgan fingerprint density at radius 1 is 1.50 bits per heavy atom. The summed E-state index contributed by atoms with van der Waals surface area (Å²) in [6.45, 7) is 4.13. The van der Waals surface area contributed by atoms with Crippen LogP contribution in [0.3, 0.4) is 0 Å². The first-order chi connectivity index (χ1) is 8.61. The van der Waals surface area contributed by atoms with Gasteiger partial charge in [-0.25, -0.2) is 4.39 Å². The Hall–Kier alpha value is -1.16. The van der Waals surface area contributed by atoms with Crippen molar-refractivity contribution in [3.63, 3.8) is 0 Å². The first-order valence-electron chi connectivity index (χ1n) is 6.46. The topological polar surface area (TPSA) is 29.3 Å². The molecule has 0 aliphatic heterocycles. The molecule has 0 unspecified atom stereocenters. The van der Waals surface area contributed by atoms with Gasteiger partial charge in [0.05, 0.1) is 0 Å². The summed E-state index contributed by atoms with van der Waals surface area (Å²) in [6.07, 6.45) is 3.66. The van der Waals surface area contributed by atoms with E-state index in [1.807, 2.05) is 6.07 Å². The van der Waals surface area contributed by atoms with Crippen LogP contribution in [0.2, 0.25) is 0 Å². The molecule has 1 aliphatic carbocycles. The molecule has 0 radical (unpaired) electrons. The van der Waals surface area contributed by atoms with E-state index in [1.165, 1.54) is 12.8 Å². The number of hydrogen-bond acceptors (Lipinski definition) is 2. The Balaban J connectivity index is 2.18. The highest BCUT2D eigenvalue weighted by atomic mass is 32.1. The van der Waals surface area contributed by atoms with Gasteiger partial charge in [-0.3, -0.25) is 0 Å². The lowest BCUT2D eigenvalue weighted by Crippen LogP contribution is -2.26. The number of anilines is 1. The van der Waals surface area contributed by atoms with Gasteiger partial charge in [-0.2, -0.15) is 0 Å². The normalized spacial score (nSPS) is 14.6. The molecule has 2 N–H and O–H groups in total. The van der Waals surface area contributed by atoms with Gasteiger partial charge in [0.2, 0.25) is 0 Å². The SMILES string of the molecule is CCCN(CC1CC1)c1ccc(C(N)=S)c(F)c1. The average molecular weight is 266 g/mol. The molecule has 0 aromatic heterocycles. The molecule has 1 aromatic carbocycles. The second kappa shape index (κ2) is 5.65. The van der Waals surface area contributed by atoms with E-state index in [-0.39, 0.29) is 10.8 Å². The van der Waals surface area contributed by atoms with Gasteiger partial charge in [0.25, 0.3) is 0 Å². The zero-order valence-electron chi connectivity index (χ0n) is 10.7. The Morgan fingerprint density at radius 2 is 2.22 bits per heavy atom. The van der Waals surface area contributed by atoms with Crippen LogP contribution in [0.15, 0.2) is 18.2 Å². The van der Waals surface area contributed by atoms with Gasteiger partial charge in [-0.15, -0.1) is 0 Å². The quantitative estimate of drug-likeness (QED) is 0.802. The van der Waals surface area contributed by atoms with Crippen molar-refractivity contribution in [2.24, 2.45) is 11.7 Å². The lowest BCUT2D eigenvalue weighted by molar-refractivity contribution is 0.622. The molecular formula is C14H19FN2S. The van der Waals surface area contributed by atoms with Crippen LogP contribution in [0.25, 0.3) is 0 Å². The van der Waals surface area contributed by atoms with Crippen molar-refractivity contribution in [3.8, 4) is 0 Å². The molecule has 0 saturated heterocycles. The highest BCUT2D eigenvalue weighted by molar-refractivity contribution is 7.80. The maximum atomic E-state index is 13.9. The van der Waals surface area contributed by atoms with Gasteiger partial charge < -0.3 is 10.6 Å². The average Bonchev–Trinajstić information content (AvgIpc) is 3.11. The lowest BCUT2D eigenvalue weighted by atomic mass is 10.1. The van der Waals surface area contributed by atoms with Crippen LogP contribution < -0.4 is 10.6 Å². The molecule has 1 aliphatic rings. The van der Waals surface area contributed by atoms with Crippen molar-refractivity contribution in [1.82, 2.24) is 0 Å². The molecule has 2 rings (SSSR count). The minimum absolute atomic E-state index is 0.114. The molecule has 0 amide bonds. The number of thiocarbonyl (C=S) groups is 1. The largest absolute Gasteiger partial charge is 0.389 e. The Labute approximate surface area is 113 Å². The van der Waals surface area contributed by atoms with E-state index in [9.17, 15) is 4.39 Å². The predicted molar refractivity (Wildman–Crippen MR) is 77.5 cm³/mol. The zero-order chi connectivity index (χ0) is 13.1. The zero-order valence-corrected chi connectivity index (χ0v) is 11.5. The molecule has 0 bridgehead atoms. The molecule has 98 valence electrons. The first-order valence-corrected chi connectivity index (χ1v) is 6.87. The minimum Gasteiger partial charge on any atom is -0.389 e. The van der Waals surface area contributed by atoms with Crippen molar-refractivity contribution in [2.45, 2.75) is 26.2 Å². The minimum atomic E-state index is -0.322. The fraction of sp³-hybridized carbons (Fsp3) is 0.500. The molecule has 18 heavy (non-hydrogen) atoms. The van der Waals surface area contributed by atoms with Crippen LogP contribution in [0, 0.1) is 11.7 Å². The van der Waals surface area contributed by atoms with Crippen LogP contribution in [0.1, 0.15) is 31.7 Å². The molecular weight excluding hydrogens is 247 g/mol. The third-order valence-electron chi connectivity index (χ3n) is 3.25. The van der Waals surface area contributed by atoms with E-state index in [0.717, 1.165) is 31.1 Å². The van der Waals surface area contributed by atoms with Gasteiger partial charge in [0.15, 0.2) is 0 Å². The molecule has 0 spiro atoms. The first kappa shape index (κ1) is 13.3.